The van der Waals surface area contributed by atoms with Crippen LogP contribution < -0.4 is 0 Å². The predicted octanol–water partition coefficient (Wildman–Crippen LogP) is 4.90. The second-order valence-electron chi connectivity index (χ2n) is 5.96. The topological polar surface area (TPSA) is 69.4 Å². The molecule has 3 aromatic heterocycles. The van der Waals surface area contributed by atoms with Crippen molar-refractivity contribution in [1.82, 2.24) is 4.98 Å². The van der Waals surface area contributed by atoms with Crippen molar-refractivity contribution in [3.8, 4) is 11.5 Å². The summed E-state index contributed by atoms with van der Waals surface area (Å²) < 4.78 is 10.9. The van der Waals surface area contributed by atoms with Gasteiger partial charge in [-0.1, -0.05) is 24.3 Å². The average molecular weight is 377 g/mol. The van der Waals surface area contributed by atoms with E-state index in [1.165, 1.54) is 11.3 Å². The quantitative estimate of drug-likeness (QED) is 0.365. The number of furan rings is 1. The number of fused-ring (bicyclic) bond motifs is 1. The molecule has 3 heterocycles. The van der Waals surface area contributed by atoms with Crippen LogP contribution in [-0.4, -0.2) is 23.3 Å². The Bertz CT molecular complexity index is 1130. The summed E-state index contributed by atoms with van der Waals surface area (Å²) in [6.45, 7) is 1.54. The highest BCUT2D eigenvalue weighted by Crippen LogP contribution is 2.26. The molecule has 0 bridgehead atoms. The maximum Gasteiger partial charge on any atom is 0.339 e. The lowest BCUT2D eigenvalue weighted by atomic mass is 10.1. The molecule has 27 heavy (non-hydrogen) atoms. The molecule has 0 saturated carbocycles. The molecule has 134 valence electrons. The third-order valence-corrected chi connectivity index (χ3v) is 4.97. The van der Waals surface area contributed by atoms with Gasteiger partial charge in [-0.05, 0) is 42.6 Å². The van der Waals surface area contributed by atoms with Gasteiger partial charge in [0.25, 0.3) is 0 Å². The highest BCUT2D eigenvalue weighted by molar-refractivity contribution is 7.12. The fourth-order valence-electron chi connectivity index (χ4n) is 2.76. The van der Waals surface area contributed by atoms with Crippen LogP contribution in [0.5, 0.6) is 0 Å². The van der Waals surface area contributed by atoms with Crippen molar-refractivity contribution in [3.05, 3.63) is 76.2 Å². The molecule has 0 atom stereocenters. The summed E-state index contributed by atoms with van der Waals surface area (Å²) in [5.41, 5.74) is 1.54. The fourth-order valence-corrected chi connectivity index (χ4v) is 3.41. The second kappa shape index (κ2) is 7.17. The van der Waals surface area contributed by atoms with Gasteiger partial charge in [-0.25, -0.2) is 9.78 Å². The lowest BCUT2D eigenvalue weighted by Gasteiger charge is -2.08. The van der Waals surface area contributed by atoms with Crippen molar-refractivity contribution in [2.75, 3.05) is 6.61 Å². The number of para-hydroxylation sites is 1. The lowest BCUT2D eigenvalue weighted by Crippen LogP contribution is -2.14. The molecule has 0 spiro atoms. The molecule has 0 saturated heterocycles. The van der Waals surface area contributed by atoms with E-state index in [1.807, 2.05) is 42.6 Å². The molecule has 0 radical (unpaired) electrons. The maximum atomic E-state index is 12.7. The van der Waals surface area contributed by atoms with Gasteiger partial charge in [-0.2, -0.15) is 0 Å². The zero-order valence-electron chi connectivity index (χ0n) is 14.5. The standard InChI is InChI=1S/C21H15NO4S/c1-13-8-9-19(26-13)17-11-15(14-5-2-3-6-16(14)22-17)21(24)25-12-18(23)20-7-4-10-27-20/h2-11H,12H2,1H3. The minimum absolute atomic E-state index is 0.224. The van der Waals surface area contributed by atoms with Crippen LogP contribution in [0.4, 0.5) is 0 Å². The molecule has 1 aromatic carbocycles. The number of thiophene rings is 1. The van der Waals surface area contributed by atoms with Crippen molar-refractivity contribution in [1.29, 1.82) is 0 Å². The van der Waals surface area contributed by atoms with Crippen molar-refractivity contribution < 1.29 is 18.7 Å². The minimum atomic E-state index is -0.567. The number of rotatable bonds is 5. The van der Waals surface area contributed by atoms with Gasteiger partial charge in [0.15, 0.2) is 12.4 Å². The van der Waals surface area contributed by atoms with E-state index in [-0.39, 0.29) is 12.4 Å². The Labute approximate surface area is 159 Å². The van der Waals surface area contributed by atoms with E-state index in [0.29, 0.717) is 32.8 Å². The number of benzene rings is 1. The number of carbonyl (C=O) groups is 2. The molecule has 4 rings (SSSR count). The highest BCUT2D eigenvalue weighted by atomic mass is 32.1. The SMILES string of the molecule is Cc1ccc(-c2cc(C(=O)OCC(=O)c3cccs3)c3ccccc3n2)o1. The summed E-state index contributed by atoms with van der Waals surface area (Å²) in [7, 11) is 0. The van der Waals surface area contributed by atoms with E-state index in [4.69, 9.17) is 9.15 Å². The maximum absolute atomic E-state index is 12.7. The molecule has 0 aliphatic carbocycles. The smallest absolute Gasteiger partial charge is 0.339 e. The molecule has 0 aliphatic rings. The first-order chi connectivity index (χ1) is 13.1. The van der Waals surface area contributed by atoms with E-state index in [9.17, 15) is 9.59 Å². The Hall–Kier alpha value is -3.25. The Balaban J connectivity index is 1.67. The van der Waals surface area contributed by atoms with Crippen molar-refractivity contribution >= 4 is 34.0 Å². The summed E-state index contributed by atoms with van der Waals surface area (Å²) in [6.07, 6.45) is 0. The number of pyridine rings is 1. The van der Waals surface area contributed by atoms with Crippen LogP contribution in [0.1, 0.15) is 25.8 Å². The number of nitrogens with zero attached hydrogens (tertiary/aromatic N) is 1. The van der Waals surface area contributed by atoms with Gasteiger partial charge in [0.05, 0.1) is 16.0 Å². The average Bonchev–Trinajstić information content (AvgIpc) is 3.37. The first kappa shape index (κ1) is 17.2. The number of esters is 1. The van der Waals surface area contributed by atoms with Crippen molar-refractivity contribution in [2.45, 2.75) is 6.92 Å². The van der Waals surface area contributed by atoms with Crippen LogP contribution in [0.2, 0.25) is 0 Å². The minimum Gasteiger partial charge on any atom is -0.460 e. The van der Waals surface area contributed by atoms with Gasteiger partial charge in [0.1, 0.15) is 11.5 Å². The number of ether oxygens (including phenoxy) is 1. The summed E-state index contributed by atoms with van der Waals surface area (Å²) in [4.78, 5) is 29.9. The Morgan fingerprint density at radius 2 is 1.96 bits per heavy atom. The zero-order chi connectivity index (χ0) is 18.8. The van der Waals surface area contributed by atoms with E-state index in [1.54, 1.807) is 24.3 Å². The van der Waals surface area contributed by atoms with Crippen molar-refractivity contribution in [3.63, 3.8) is 0 Å². The van der Waals surface area contributed by atoms with Gasteiger partial charge in [-0.3, -0.25) is 4.79 Å². The lowest BCUT2D eigenvalue weighted by molar-refractivity contribution is 0.0478. The van der Waals surface area contributed by atoms with Crippen LogP contribution in [0, 0.1) is 6.92 Å². The summed E-state index contributed by atoms with van der Waals surface area (Å²) in [6, 6.07) is 16.1. The van der Waals surface area contributed by atoms with E-state index >= 15 is 0 Å². The zero-order valence-corrected chi connectivity index (χ0v) is 15.3. The van der Waals surface area contributed by atoms with Crippen molar-refractivity contribution in [2.24, 2.45) is 0 Å². The molecule has 0 fully saturated rings. The molecule has 6 heteroatoms. The van der Waals surface area contributed by atoms with Gasteiger partial charge < -0.3 is 9.15 Å². The van der Waals surface area contributed by atoms with Crippen LogP contribution in [0.3, 0.4) is 0 Å². The third-order valence-electron chi connectivity index (χ3n) is 4.06. The summed E-state index contributed by atoms with van der Waals surface area (Å²) in [5.74, 6) is 0.536. The molecular formula is C21H15NO4S. The first-order valence-corrected chi connectivity index (χ1v) is 9.20. The molecule has 5 nitrogen and oxygen atoms in total. The Morgan fingerprint density at radius 1 is 1.11 bits per heavy atom. The number of aromatic nitrogens is 1. The van der Waals surface area contributed by atoms with Crippen LogP contribution in [0.15, 0.2) is 64.4 Å². The molecule has 0 amide bonds. The first-order valence-electron chi connectivity index (χ1n) is 8.32. The fraction of sp³-hybridized carbons (Fsp3) is 0.0952. The Kier molecular flexibility index (Phi) is 4.56. The number of ketones is 1. The number of aryl methyl sites for hydroxylation is 1. The number of carbonyl (C=O) groups excluding carboxylic acids is 2. The highest BCUT2D eigenvalue weighted by Gasteiger charge is 2.18. The van der Waals surface area contributed by atoms with Gasteiger partial charge in [-0.15, -0.1) is 11.3 Å². The van der Waals surface area contributed by atoms with E-state index < -0.39 is 5.97 Å². The summed E-state index contributed by atoms with van der Waals surface area (Å²) in [5, 5.41) is 2.47. The number of hydrogen-bond donors (Lipinski definition) is 0. The molecular weight excluding hydrogens is 362 g/mol. The molecule has 4 aromatic rings. The molecule has 0 N–H and O–H groups in total. The second-order valence-corrected chi connectivity index (χ2v) is 6.91. The summed E-state index contributed by atoms with van der Waals surface area (Å²) >= 11 is 1.32. The predicted molar refractivity (Wildman–Crippen MR) is 103 cm³/mol. The monoisotopic (exact) mass is 377 g/mol. The van der Waals surface area contributed by atoms with E-state index in [0.717, 1.165) is 5.76 Å². The van der Waals surface area contributed by atoms with Crippen LogP contribution in [-0.2, 0) is 4.74 Å². The largest absolute Gasteiger partial charge is 0.460 e. The Morgan fingerprint density at radius 3 is 2.70 bits per heavy atom. The van der Waals surface area contributed by atoms with E-state index in [2.05, 4.69) is 4.98 Å². The van der Waals surface area contributed by atoms with Crippen LogP contribution in [0.25, 0.3) is 22.4 Å². The number of Topliss-reactive ketones (excluding diaryl/α,β-unsaturated/α-hetero) is 1. The van der Waals surface area contributed by atoms with Gasteiger partial charge in [0.2, 0.25) is 5.78 Å². The van der Waals surface area contributed by atoms with Gasteiger partial charge >= 0.3 is 5.97 Å². The molecule has 0 unspecified atom stereocenters. The van der Waals surface area contributed by atoms with Crippen LogP contribution >= 0.6 is 11.3 Å². The normalized spacial score (nSPS) is 10.9. The third kappa shape index (κ3) is 3.52. The number of hydrogen-bond acceptors (Lipinski definition) is 6. The molecule has 0 aliphatic heterocycles. The van der Waals surface area contributed by atoms with Gasteiger partial charge in [0, 0.05) is 5.39 Å².